The lowest BCUT2D eigenvalue weighted by atomic mass is 9.99. The van der Waals surface area contributed by atoms with Crippen molar-refractivity contribution in [3.05, 3.63) is 65.2 Å². The van der Waals surface area contributed by atoms with Crippen molar-refractivity contribution in [1.29, 1.82) is 0 Å². The number of nitrogens with zero attached hydrogens (tertiary/aromatic N) is 2. The molecule has 2 aliphatic carbocycles. The van der Waals surface area contributed by atoms with E-state index in [4.69, 9.17) is 16.3 Å². The molecule has 2 fully saturated rings. The molecular weight excluding hydrogens is 433 g/mol. The summed E-state index contributed by atoms with van der Waals surface area (Å²) in [7, 11) is 0. The predicted molar refractivity (Wildman–Crippen MR) is 118 cm³/mol. The number of aliphatic hydroxyl groups is 1. The first-order chi connectivity index (χ1) is 15.5. The summed E-state index contributed by atoms with van der Waals surface area (Å²) in [6.45, 7) is 0.0138. The van der Waals surface area contributed by atoms with E-state index >= 15 is 0 Å². The van der Waals surface area contributed by atoms with Crippen molar-refractivity contribution in [2.45, 2.75) is 31.4 Å². The van der Waals surface area contributed by atoms with E-state index in [0.717, 1.165) is 12.8 Å². The third-order valence-corrected chi connectivity index (χ3v) is 6.89. The number of benzene rings is 2. The van der Waals surface area contributed by atoms with Crippen LogP contribution in [0.2, 0.25) is 5.02 Å². The van der Waals surface area contributed by atoms with Gasteiger partial charge in [0.2, 0.25) is 5.88 Å². The fourth-order valence-electron chi connectivity index (χ4n) is 5.14. The maximum atomic E-state index is 13.7. The maximum Gasteiger partial charge on any atom is 0.251 e. The van der Waals surface area contributed by atoms with Gasteiger partial charge in [0.1, 0.15) is 18.2 Å². The molecule has 0 spiro atoms. The number of fused-ring (bicyclic) bond motifs is 2. The minimum Gasteiger partial charge on any atom is -0.474 e. The van der Waals surface area contributed by atoms with Gasteiger partial charge < -0.3 is 15.2 Å². The zero-order valence-corrected chi connectivity index (χ0v) is 18.0. The summed E-state index contributed by atoms with van der Waals surface area (Å²) in [5.41, 5.74) is 1.19. The Morgan fingerprint density at radius 2 is 1.94 bits per heavy atom. The quantitative estimate of drug-likeness (QED) is 0.562. The largest absolute Gasteiger partial charge is 0.474 e. The van der Waals surface area contributed by atoms with E-state index in [-0.39, 0.29) is 30.5 Å². The van der Waals surface area contributed by atoms with Gasteiger partial charge in [0, 0.05) is 23.2 Å². The van der Waals surface area contributed by atoms with Crippen LogP contribution in [0.3, 0.4) is 0 Å². The van der Waals surface area contributed by atoms with Crippen LogP contribution in [0.1, 0.15) is 29.6 Å². The fraction of sp³-hybridized carbons (Fsp3) is 0.375. The second-order valence-electron chi connectivity index (χ2n) is 8.56. The summed E-state index contributed by atoms with van der Waals surface area (Å²) in [6, 6.07) is 11.1. The lowest BCUT2D eigenvalue weighted by Gasteiger charge is -2.22. The smallest absolute Gasteiger partial charge is 0.251 e. The molecule has 0 radical (unpaired) electrons. The first kappa shape index (κ1) is 21.1. The summed E-state index contributed by atoms with van der Waals surface area (Å²) in [5, 5.41) is 13.8. The van der Waals surface area contributed by atoms with Crippen LogP contribution >= 0.6 is 11.6 Å². The summed E-state index contributed by atoms with van der Waals surface area (Å²) in [4.78, 5) is 21.0. The summed E-state index contributed by atoms with van der Waals surface area (Å²) < 4.78 is 19.8. The van der Waals surface area contributed by atoms with Gasteiger partial charge in [-0.05, 0) is 79.5 Å². The molecule has 6 nitrogen and oxygen atoms in total. The highest BCUT2D eigenvalue weighted by Gasteiger charge is 2.59. The van der Waals surface area contributed by atoms with Gasteiger partial charge in [0.25, 0.3) is 5.91 Å². The Morgan fingerprint density at radius 1 is 1.19 bits per heavy atom. The van der Waals surface area contributed by atoms with Gasteiger partial charge >= 0.3 is 0 Å². The van der Waals surface area contributed by atoms with Crippen LogP contribution in [-0.2, 0) is 0 Å². The molecule has 2 aromatic carbocycles. The first-order valence-corrected chi connectivity index (χ1v) is 11.2. The SMILES string of the molecule is O=C(NC(CCO)C1[C@H]2CC(Oc3ncnc4ccc(F)cc34)C[C@@H]12)c1ccc(Cl)cc1. The van der Waals surface area contributed by atoms with Crippen LogP contribution in [0.25, 0.3) is 10.9 Å². The molecule has 2 aliphatic rings. The Morgan fingerprint density at radius 3 is 2.66 bits per heavy atom. The molecule has 3 unspecified atom stereocenters. The third-order valence-electron chi connectivity index (χ3n) is 6.63. The highest BCUT2D eigenvalue weighted by Crippen LogP contribution is 2.60. The van der Waals surface area contributed by atoms with Crippen LogP contribution in [0.15, 0.2) is 48.8 Å². The average Bonchev–Trinajstić information content (AvgIpc) is 3.28. The third kappa shape index (κ3) is 4.14. The number of aliphatic hydroxyl groups excluding tert-OH is 1. The van der Waals surface area contributed by atoms with Crippen molar-refractivity contribution >= 4 is 28.4 Å². The van der Waals surface area contributed by atoms with Crippen molar-refractivity contribution in [2.24, 2.45) is 17.8 Å². The average molecular weight is 456 g/mol. The Balaban J connectivity index is 1.22. The monoisotopic (exact) mass is 455 g/mol. The molecule has 5 atom stereocenters. The molecule has 0 aliphatic heterocycles. The predicted octanol–water partition coefficient (Wildman–Crippen LogP) is 4.01. The Bertz CT molecular complexity index is 1130. The highest BCUT2D eigenvalue weighted by molar-refractivity contribution is 6.30. The van der Waals surface area contributed by atoms with E-state index in [2.05, 4.69) is 15.3 Å². The lowest BCUT2D eigenvalue weighted by molar-refractivity contribution is 0.0916. The lowest BCUT2D eigenvalue weighted by Crippen LogP contribution is -2.39. The minimum atomic E-state index is -0.352. The van der Waals surface area contributed by atoms with Gasteiger partial charge in [-0.2, -0.15) is 0 Å². The van der Waals surface area contributed by atoms with Crippen LogP contribution in [0, 0.1) is 23.6 Å². The first-order valence-electron chi connectivity index (χ1n) is 10.8. The molecule has 8 heteroatoms. The molecule has 2 saturated carbocycles. The molecule has 166 valence electrons. The Hall–Kier alpha value is -2.77. The van der Waals surface area contributed by atoms with Gasteiger partial charge in [0.15, 0.2) is 0 Å². The van der Waals surface area contributed by atoms with E-state index in [1.807, 2.05) is 0 Å². The van der Waals surface area contributed by atoms with Gasteiger partial charge in [-0.1, -0.05) is 11.6 Å². The summed E-state index contributed by atoms with van der Waals surface area (Å²) in [5.74, 6) is 1.05. The van der Waals surface area contributed by atoms with E-state index in [1.165, 1.54) is 18.5 Å². The number of nitrogens with one attached hydrogen (secondary N) is 1. The fourth-order valence-corrected chi connectivity index (χ4v) is 5.27. The number of carbonyl (C=O) groups is 1. The van der Waals surface area contributed by atoms with Crippen LogP contribution < -0.4 is 10.1 Å². The molecule has 32 heavy (non-hydrogen) atoms. The molecule has 1 heterocycles. The van der Waals surface area contributed by atoms with Crippen LogP contribution in [0.4, 0.5) is 4.39 Å². The molecule has 0 bridgehead atoms. The number of halogens is 2. The normalized spacial score (nSPS) is 24.7. The topological polar surface area (TPSA) is 84.3 Å². The van der Waals surface area contributed by atoms with E-state index in [1.54, 1.807) is 30.3 Å². The van der Waals surface area contributed by atoms with E-state index in [0.29, 0.717) is 51.5 Å². The number of aromatic nitrogens is 2. The molecule has 1 amide bonds. The number of carbonyl (C=O) groups excluding carboxylic acids is 1. The minimum absolute atomic E-state index is 0.00985. The number of hydrogen-bond donors (Lipinski definition) is 2. The zero-order chi connectivity index (χ0) is 22.2. The van der Waals surface area contributed by atoms with Gasteiger partial charge in [-0.25, -0.2) is 14.4 Å². The van der Waals surface area contributed by atoms with Gasteiger partial charge in [-0.3, -0.25) is 4.79 Å². The molecule has 5 rings (SSSR count). The van der Waals surface area contributed by atoms with E-state index in [9.17, 15) is 14.3 Å². The number of ether oxygens (including phenoxy) is 1. The number of hydrogen-bond acceptors (Lipinski definition) is 5. The number of amides is 1. The van der Waals surface area contributed by atoms with Crippen LogP contribution in [-0.4, -0.2) is 39.7 Å². The molecule has 0 saturated heterocycles. The van der Waals surface area contributed by atoms with Crippen molar-refractivity contribution in [3.8, 4) is 5.88 Å². The molecule has 1 aromatic heterocycles. The Kier molecular flexibility index (Phi) is 5.69. The zero-order valence-electron chi connectivity index (χ0n) is 17.2. The van der Waals surface area contributed by atoms with Crippen molar-refractivity contribution < 1.29 is 19.0 Å². The second kappa shape index (κ2) is 8.64. The standard InChI is InChI=1S/C24H23ClFN3O3/c25-14-3-1-13(2-4-14)23(31)29-21(7-8-30)22-17-10-16(11-18(17)22)32-24-19-9-15(26)5-6-20(19)27-12-28-24/h1-6,9,12,16-18,21-22,30H,7-8,10-11H2,(H,29,31)/t16?,17-,18+,21?,22?. The van der Waals surface area contributed by atoms with E-state index < -0.39 is 0 Å². The molecule has 3 aromatic rings. The summed E-state index contributed by atoms with van der Waals surface area (Å²) >= 11 is 5.91. The molecule has 2 N–H and O–H groups in total. The van der Waals surface area contributed by atoms with Crippen molar-refractivity contribution in [3.63, 3.8) is 0 Å². The van der Waals surface area contributed by atoms with Crippen molar-refractivity contribution in [2.75, 3.05) is 6.61 Å². The van der Waals surface area contributed by atoms with Crippen molar-refractivity contribution in [1.82, 2.24) is 15.3 Å². The summed E-state index contributed by atoms with van der Waals surface area (Å²) in [6.07, 6.45) is 3.61. The number of rotatable bonds is 7. The second-order valence-corrected chi connectivity index (χ2v) is 8.99. The van der Waals surface area contributed by atoms with Gasteiger partial charge in [0.05, 0.1) is 10.9 Å². The van der Waals surface area contributed by atoms with Crippen LogP contribution in [0.5, 0.6) is 5.88 Å². The molecular formula is C24H23ClFN3O3. The maximum absolute atomic E-state index is 13.7. The van der Waals surface area contributed by atoms with Gasteiger partial charge in [-0.15, -0.1) is 0 Å². The Labute approximate surface area is 189 Å². The highest BCUT2D eigenvalue weighted by atomic mass is 35.5.